The van der Waals surface area contributed by atoms with Crippen molar-refractivity contribution in [1.82, 2.24) is 15.0 Å². The third-order valence-corrected chi connectivity index (χ3v) is 8.90. The Labute approximate surface area is 290 Å². The van der Waals surface area contributed by atoms with E-state index in [1.165, 1.54) is 9.80 Å². The van der Waals surface area contributed by atoms with Gasteiger partial charge in [0.05, 0.1) is 17.9 Å². The molecule has 3 amide bonds. The molecule has 254 valence electrons. The van der Waals surface area contributed by atoms with Gasteiger partial charge in [-0.2, -0.15) is 0 Å². The van der Waals surface area contributed by atoms with Crippen LogP contribution < -0.4 is 14.7 Å². The molecule has 0 fully saturated rings. The van der Waals surface area contributed by atoms with Crippen LogP contribution in [0.4, 0.5) is 28.4 Å². The van der Waals surface area contributed by atoms with Crippen molar-refractivity contribution in [3.05, 3.63) is 138 Å². The number of amides is 3. The van der Waals surface area contributed by atoms with Crippen molar-refractivity contribution in [2.24, 2.45) is 5.92 Å². The fourth-order valence-corrected chi connectivity index (χ4v) is 6.27. The van der Waals surface area contributed by atoms with Crippen molar-refractivity contribution < 1.29 is 24.6 Å². The summed E-state index contributed by atoms with van der Waals surface area (Å²) in [6, 6.07) is 31.0. The molecule has 6 rings (SSSR count). The Morgan fingerprint density at radius 3 is 2.12 bits per heavy atom. The van der Waals surface area contributed by atoms with Crippen LogP contribution in [0.5, 0.6) is 0 Å². The van der Waals surface area contributed by atoms with Crippen molar-refractivity contribution in [2.75, 3.05) is 21.3 Å². The first-order valence-electron chi connectivity index (χ1n) is 16.4. The molecule has 1 aromatic heterocycles. The van der Waals surface area contributed by atoms with Crippen LogP contribution in [0.25, 0.3) is 0 Å². The Morgan fingerprint density at radius 1 is 0.840 bits per heavy atom. The molecule has 4 aromatic carbocycles. The van der Waals surface area contributed by atoms with Crippen molar-refractivity contribution in [3.63, 3.8) is 0 Å². The van der Waals surface area contributed by atoms with E-state index in [9.17, 15) is 19.5 Å². The average Bonchev–Trinajstić information content (AvgIpc) is 3.68. The molecule has 50 heavy (non-hydrogen) atoms. The van der Waals surface area contributed by atoms with Crippen LogP contribution in [0.15, 0.2) is 121 Å². The number of carbonyl (C=O) groups excluding carboxylic acids is 3. The van der Waals surface area contributed by atoms with Crippen molar-refractivity contribution in [1.29, 1.82) is 0 Å². The molecule has 2 heterocycles. The first-order chi connectivity index (χ1) is 24.4. The molecule has 0 spiro atoms. The second kappa shape index (κ2) is 15.1. The van der Waals surface area contributed by atoms with Crippen molar-refractivity contribution >= 4 is 47.2 Å². The highest BCUT2D eigenvalue weighted by molar-refractivity contribution is 6.08. The minimum Gasteiger partial charge on any atom is -0.396 e. The summed E-state index contributed by atoms with van der Waals surface area (Å²) in [6.45, 7) is 2.46. The maximum Gasteiger partial charge on any atom is 0.264 e. The number of para-hydroxylation sites is 2. The standard InChI is InChI=1S/C39H38N6O5/c1-29(11-8-9-21-42-26-31(20-22-46)40-41-42)39(50)36-24-35(45(28-48)33-15-6-3-7-16-33)18-19-37(36)43(38(39)49)25-30-12-10-17-34(23-30)44(27-47)32-13-4-2-5-14-32/h2-8,10-19,23-24,26-29,46,50H,9,20-22,25H2,1H3/b11-8+/t29-,39+/m0/s1. The molecule has 2 atom stereocenters. The van der Waals surface area contributed by atoms with E-state index in [2.05, 4.69) is 10.3 Å². The van der Waals surface area contributed by atoms with Gasteiger partial charge in [-0.1, -0.05) is 72.8 Å². The molecule has 0 radical (unpaired) electrons. The highest BCUT2D eigenvalue weighted by atomic mass is 16.3. The van der Waals surface area contributed by atoms with E-state index in [1.54, 1.807) is 40.9 Å². The predicted octanol–water partition coefficient (Wildman–Crippen LogP) is 5.42. The average molecular weight is 671 g/mol. The Kier molecular flexibility index (Phi) is 10.3. The number of aryl methyl sites for hydroxylation is 1. The molecule has 1 aliphatic heterocycles. The molecular formula is C39H38N6O5. The number of rotatable bonds is 15. The summed E-state index contributed by atoms with van der Waals surface area (Å²) in [7, 11) is 0. The number of aliphatic hydroxyl groups excluding tert-OH is 1. The van der Waals surface area contributed by atoms with Crippen LogP contribution in [0, 0.1) is 5.92 Å². The van der Waals surface area contributed by atoms with E-state index in [0.29, 0.717) is 65.5 Å². The fourth-order valence-electron chi connectivity index (χ4n) is 6.27. The first-order valence-corrected chi connectivity index (χ1v) is 16.4. The number of carbonyl (C=O) groups is 3. The lowest BCUT2D eigenvalue weighted by Gasteiger charge is -2.28. The molecule has 0 saturated heterocycles. The van der Waals surface area contributed by atoms with Gasteiger partial charge in [-0.25, -0.2) is 0 Å². The number of hydrogen-bond donors (Lipinski definition) is 2. The molecule has 0 aliphatic carbocycles. The van der Waals surface area contributed by atoms with Crippen LogP contribution in [-0.2, 0) is 39.5 Å². The topological polar surface area (TPSA) is 132 Å². The zero-order valence-corrected chi connectivity index (χ0v) is 27.6. The number of fused-ring (bicyclic) bond motifs is 1. The van der Waals surface area contributed by atoms with E-state index in [-0.39, 0.29) is 13.2 Å². The van der Waals surface area contributed by atoms with Gasteiger partial charge >= 0.3 is 0 Å². The van der Waals surface area contributed by atoms with Gasteiger partial charge in [-0.3, -0.25) is 28.9 Å². The molecule has 2 N–H and O–H groups in total. The lowest BCUT2D eigenvalue weighted by molar-refractivity contribution is -0.139. The van der Waals surface area contributed by atoms with E-state index in [4.69, 9.17) is 5.11 Å². The summed E-state index contributed by atoms with van der Waals surface area (Å²) < 4.78 is 1.69. The normalized spacial score (nSPS) is 16.0. The Morgan fingerprint density at radius 2 is 1.48 bits per heavy atom. The molecule has 0 saturated carbocycles. The maximum atomic E-state index is 14.4. The lowest BCUT2D eigenvalue weighted by Crippen LogP contribution is -2.44. The highest BCUT2D eigenvalue weighted by Crippen LogP contribution is 2.47. The molecule has 11 heteroatoms. The van der Waals surface area contributed by atoms with Crippen molar-refractivity contribution in [2.45, 2.75) is 38.5 Å². The minimum atomic E-state index is -1.94. The Bertz CT molecular complexity index is 1980. The van der Waals surface area contributed by atoms with E-state index >= 15 is 0 Å². The van der Waals surface area contributed by atoms with Gasteiger partial charge in [0.1, 0.15) is 0 Å². The molecule has 1 aliphatic rings. The van der Waals surface area contributed by atoms with Gasteiger partial charge in [0, 0.05) is 60.0 Å². The summed E-state index contributed by atoms with van der Waals surface area (Å²) in [4.78, 5) is 43.5. The van der Waals surface area contributed by atoms with Gasteiger partial charge in [-0.15, -0.1) is 5.10 Å². The Hall–Kier alpha value is -5.91. The third-order valence-electron chi connectivity index (χ3n) is 8.90. The second-order valence-corrected chi connectivity index (χ2v) is 12.1. The number of allylic oxidation sites excluding steroid dienone is 1. The number of aromatic nitrogens is 3. The van der Waals surface area contributed by atoms with E-state index < -0.39 is 17.4 Å². The monoisotopic (exact) mass is 670 g/mol. The second-order valence-electron chi connectivity index (χ2n) is 12.1. The summed E-state index contributed by atoms with van der Waals surface area (Å²) in [5.74, 6) is -1.14. The maximum absolute atomic E-state index is 14.4. The van der Waals surface area contributed by atoms with E-state index in [1.807, 2.05) is 97.1 Å². The van der Waals surface area contributed by atoms with Gasteiger partial charge in [0.15, 0.2) is 5.60 Å². The number of nitrogens with zero attached hydrogens (tertiary/aromatic N) is 6. The molecule has 11 nitrogen and oxygen atoms in total. The molecule has 0 unspecified atom stereocenters. The number of benzene rings is 4. The summed E-state index contributed by atoms with van der Waals surface area (Å²) in [6.07, 6.45) is 7.97. The first kappa shape index (κ1) is 34.0. The SMILES string of the molecule is C[C@@H](/C=C/CCn1cc(CCO)nn1)[C@]1(O)C(=O)N(Cc2cccc(N(C=O)c3ccccc3)c2)c2ccc(N(C=O)c3ccccc3)cc21. The van der Waals surface area contributed by atoms with Crippen LogP contribution in [0.2, 0.25) is 0 Å². The van der Waals surface area contributed by atoms with Crippen LogP contribution >= 0.6 is 0 Å². The summed E-state index contributed by atoms with van der Waals surface area (Å²) in [5, 5.41) is 29.7. The molecular weight excluding hydrogens is 632 g/mol. The summed E-state index contributed by atoms with van der Waals surface area (Å²) >= 11 is 0. The van der Waals surface area contributed by atoms with Crippen molar-refractivity contribution in [3.8, 4) is 0 Å². The minimum absolute atomic E-state index is 0.00477. The number of aliphatic hydroxyl groups is 2. The van der Waals surface area contributed by atoms with Gasteiger partial charge < -0.3 is 15.1 Å². The molecule has 5 aromatic rings. The van der Waals surface area contributed by atoms with E-state index in [0.717, 1.165) is 12.0 Å². The highest BCUT2D eigenvalue weighted by Gasteiger charge is 2.52. The van der Waals surface area contributed by atoms with Crippen LogP contribution in [-0.4, -0.2) is 50.5 Å². The van der Waals surface area contributed by atoms with Gasteiger partial charge in [0.25, 0.3) is 5.91 Å². The smallest absolute Gasteiger partial charge is 0.264 e. The lowest BCUT2D eigenvalue weighted by atomic mass is 9.82. The zero-order valence-electron chi connectivity index (χ0n) is 27.6. The van der Waals surface area contributed by atoms with Crippen LogP contribution in [0.3, 0.4) is 0 Å². The predicted molar refractivity (Wildman–Crippen MR) is 191 cm³/mol. The fraction of sp³-hybridized carbons (Fsp3) is 0.205. The molecule has 0 bridgehead atoms. The zero-order chi connectivity index (χ0) is 35.1. The number of anilines is 5. The third kappa shape index (κ3) is 6.82. The summed E-state index contributed by atoms with van der Waals surface area (Å²) in [5.41, 5.74) is 2.93. The number of hydrogen-bond acceptors (Lipinski definition) is 7. The largest absolute Gasteiger partial charge is 0.396 e. The van der Waals surface area contributed by atoms with Gasteiger partial charge in [0.2, 0.25) is 12.8 Å². The van der Waals surface area contributed by atoms with Gasteiger partial charge in [-0.05, 0) is 66.6 Å². The van der Waals surface area contributed by atoms with Crippen LogP contribution in [0.1, 0.15) is 30.2 Å². The Balaban J connectivity index is 1.32. The quantitative estimate of drug-likeness (QED) is 0.112.